The molecule has 130 valence electrons. The van der Waals surface area contributed by atoms with Crippen molar-refractivity contribution >= 4 is 61.3 Å². The lowest BCUT2D eigenvalue weighted by atomic mass is 10.2. The molecule has 0 aliphatic carbocycles. The van der Waals surface area contributed by atoms with Crippen molar-refractivity contribution in [2.45, 2.75) is 6.92 Å². The van der Waals surface area contributed by atoms with Gasteiger partial charge in [0.15, 0.2) is 16.8 Å². The highest BCUT2D eigenvalue weighted by Crippen LogP contribution is 2.33. The predicted molar refractivity (Wildman–Crippen MR) is 109 cm³/mol. The minimum atomic E-state index is 0.415. The maximum absolute atomic E-state index is 6.23. The number of nitrogens with two attached hydrogens (primary N) is 1. The van der Waals surface area contributed by atoms with Crippen molar-refractivity contribution in [2.75, 3.05) is 16.4 Å². The fraction of sp³-hybridized carbons (Fsp3) is 0.0556. The first-order valence-electron chi connectivity index (χ1n) is 7.86. The molecular weight excluding hydrogens is 368 g/mol. The highest BCUT2D eigenvalue weighted by atomic mass is 35.5. The number of fused-ring (bicyclic) bond motifs is 1. The van der Waals surface area contributed by atoms with E-state index in [1.54, 1.807) is 23.5 Å². The van der Waals surface area contributed by atoms with Gasteiger partial charge in [0.2, 0.25) is 0 Å². The topological polar surface area (TPSA) is 88.8 Å². The zero-order valence-corrected chi connectivity index (χ0v) is 15.4. The lowest BCUT2D eigenvalue weighted by Crippen LogP contribution is -2.05. The van der Waals surface area contributed by atoms with Gasteiger partial charge in [-0.15, -0.1) is 0 Å². The Morgan fingerprint density at radius 1 is 1.00 bits per heavy atom. The number of hydrogen-bond acceptors (Lipinski definition) is 7. The summed E-state index contributed by atoms with van der Waals surface area (Å²) >= 11 is 7.47. The highest BCUT2D eigenvalue weighted by Gasteiger charge is 2.12. The Balaban J connectivity index is 1.62. The second-order valence-corrected chi connectivity index (χ2v) is 7.15. The van der Waals surface area contributed by atoms with Crippen LogP contribution in [0.15, 0.2) is 48.8 Å². The second-order valence-electron chi connectivity index (χ2n) is 5.68. The quantitative estimate of drug-likeness (QED) is 0.454. The van der Waals surface area contributed by atoms with Gasteiger partial charge in [-0.1, -0.05) is 35.1 Å². The van der Waals surface area contributed by atoms with Crippen LogP contribution in [0.1, 0.15) is 5.56 Å². The summed E-state index contributed by atoms with van der Waals surface area (Å²) in [5.41, 5.74) is 9.59. The van der Waals surface area contributed by atoms with Crippen molar-refractivity contribution < 1.29 is 0 Å². The van der Waals surface area contributed by atoms with Crippen LogP contribution in [-0.4, -0.2) is 15.0 Å². The number of para-hydroxylation sites is 1. The van der Waals surface area contributed by atoms with Gasteiger partial charge in [-0.3, -0.25) is 0 Å². The number of halogens is 1. The van der Waals surface area contributed by atoms with Crippen molar-refractivity contribution in [1.82, 2.24) is 15.0 Å². The Hall–Kier alpha value is -2.90. The molecule has 6 nitrogen and oxygen atoms in total. The summed E-state index contributed by atoms with van der Waals surface area (Å²) in [7, 11) is 0. The summed E-state index contributed by atoms with van der Waals surface area (Å²) < 4.78 is 1.11. The monoisotopic (exact) mass is 382 g/mol. The van der Waals surface area contributed by atoms with Gasteiger partial charge in [0.25, 0.3) is 0 Å². The summed E-state index contributed by atoms with van der Waals surface area (Å²) in [5.74, 6) is 1.02. The molecule has 8 heteroatoms. The average Bonchev–Trinajstić information content (AvgIpc) is 3.04. The molecule has 0 saturated carbocycles. The average molecular weight is 383 g/mol. The molecule has 0 aliphatic rings. The fourth-order valence-corrected chi connectivity index (χ4v) is 3.57. The van der Waals surface area contributed by atoms with E-state index in [9.17, 15) is 0 Å². The first kappa shape index (κ1) is 16.6. The number of aromatic nitrogens is 3. The SMILES string of the molecule is Cc1cccc2sc(Nc3ncnc(Nc4ccc(Cl)cc4)c3N)nc12. The van der Waals surface area contributed by atoms with Crippen molar-refractivity contribution in [3.05, 3.63) is 59.4 Å². The Kier molecular flexibility index (Phi) is 4.32. The minimum absolute atomic E-state index is 0.415. The maximum atomic E-state index is 6.23. The van der Waals surface area contributed by atoms with Gasteiger partial charge in [0, 0.05) is 10.7 Å². The van der Waals surface area contributed by atoms with E-state index in [1.165, 1.54) is 6.33 Å². The van der Waals surface area contributed by atoms with E-state index >= 15 is 0 Å². The fourth-order valence-electron chi connectivity index (χ4n) is 2.51. The molecule has 0 amide bonds. The molecule has 4 N–H and O–H groups in total. The molecule has 0 fully saturated rings. The number of hydrogen-bond donors (Lipinski definition) is 3. The number of benzene rings is 2. The number of rotatable bonds is 4. The normalized spacial score (nSPS) is 10.8. The Labute approximate surface area is 159 Å². The largest absolute Gasteiger partial charge is 0.393 e. The van der Waals surface area contributed by atoms with Crippen molar-refractivity contribution in [3.63, 3.8) is 0 Å². The van der Waals surface area contributed by atoms with Crippen molar-refractivity contribution in [2.24, 2.45) is 0 Å². The van der Waals surface area contributed by atoms with Crippen LogP contribution < -0.4 is 16.4 Å². The van der Waals surface area contributed by atoms with Gasteiger partial charge >= 0.3 is 0 Å². The lowest BCUT2D eigenvalue weighted by molar-refractivity contribution is 1.17. The predicted octanol–water partition coefficient (Wildman–Crippen LogP) is 5.12. The Morgan fingerprint density at radius 3 is 2.46 bits per heavy atom. The van der Waals surface area contributed by atoms with Crippen molar-refractivity contribution in [3.8, 4) is 0 Å². The van der Waals surface area contributed by atoms with Crippen molar-refractivity contribution in [1.29, 1.82) is 0 Å². The summed E-state index contributed by atoms with van der Waals surface area (Å²) in [6.45, 7) is 2.04. The number of aryl methyl sites for hydroxylation is 1. The lowest BCUT2D eigenvalue weighted by Gasteiger charge is -2.11. The molecule has 0 spiro atoms. The van der Waals surface area contributed by atoms with E-state index in [0.29, 0.717) is 22.3 Å². The van der Waals surface area contributed by atoms with E-state index in [4.69, 9.17) is 17.3 Å². The van der Waals surface area contributed by atoms with Gasteiger partial charge in [-0.05, 0) is 42.8 Å². The van der Waals surface area contributed by atoms with Gasteiger partial charge in [0.1, 0.15) is 12.0 Å². The van der Waals surface area contributed by atoms with E-state index in [1.807, 2.05) is 37.3 Å². The minimum Gasteiger partial charge on any atom is -0.393 e. The maximum Gasteiger partial charge on any atom is 0.189 e. The third-order valence-corrected chi connectivity index (χ3v) is 5.02. The number of nitrogens with one attached hydrogen (secondary N) is 2. The molecule has 0 atom stereocenters. The first-order valence-corrected chi connectivity index (χ1v) is 9.06. The summed E-state index contributed by atoms with van der Waals surface area (Å²) in [6.07, 6.45) is 1.45. The standard InChI is InChI=1S/C18H15ClN6S/c1-10-3-2-4-13-15(10)24-18(26-13)25-17-14(20)16(21-9-22-17)23-12-7-5-11(19)6-8-12/h2-9H,20H2,1H3,(H2,21,22,23,24,25). The first-order chi connectivity index (χ1) is 12.6. The van der Waals surface area contributed by atoms with E-state index in [-0.39, 0.29) is 0 Å². The van der Waals surface area contributed by atoms with Crippen LogP contribution in [0.3, 0.4) is 0 Å². The molecule has 0 bridgehead atoms. The summed E-state index contributed by atoms with van der Waals surface area (Å²) in [6, 6.07) is 13.4. The summed E-state index contributed by atoms with van der Waals surface area (Å²) in [4.78, 5) is 13.1. The molecule has 0 aliphatic heterocycles. The van der Waals surface area contributed by atoms with Gasteiger partial charge in [-0.25, -0.2) is 15.0 Å². The molecule has 4 aromatic rings. The smallest absolute Gasteiger partial charge is 0.189 e. The molecule has 0 saturated heterocycles. The molecule has 2 heterocycles. The zero-order valence-electron chi connectivity index (χ0n) is 13.8. The van der Waals surface area contributed by atoms with E-state index < -0.39 is 0 Å². The molecule has 2 aromatic heterocycles. The molecule has 0 radical (unpaired) electrons. The molecule has 4 rings (SSSR count). The van der Waals surface area contributed by atoms with E-state index in [2.05, 4.69) is 25.6 Å². The number of nitrogen functional groups attached to an aromatic ring is 1. The second kappa shape index (κ2) is 6.78. The van der Waals surface area contributed by atoms with Crippen LogP contribution in [0.4, 0.5) is 28.1 Å². The number of nitrogens with zero attached hydrogens (tertiary/aromatic N) is 3. The van der Waals surface area contributed by atoms with E-state index in [0.717, 1.165) is 26.6 Å². The van der Waals surface area contributed by atoms with Gasteiger partial charge < -0.3 is 16.4 Å². The highest BCUT2D eigenvalue weighted by molar-refractivity contribution is 7.22. The Morgan fingerprint density at radius 2 is 1.73 bits per heavy atom. The summed E-state index contributed by atoms with van der Waals surface area (Å²) in [5, 5.41) is 7.76. The zero-order chi connectivity index (χ0) is 18.1. The molecule has 26 heavy (non-hydrogen) atoms. The van der Waals surface area contributed by atoms with Crippen LogP contribution in [-0.2, 0) is 0 Å². The van der Waals surface area contributed by atoms with Crippen LogP contribution >= 0.6 is 22.9 Å². The number of anilines is 5. The van der Waals surface area contributed by atoms with Crippen LogP contribution in [0.25, 0.3) is 10.2 Å². The molecule has 0 unspecified atom stereocenters. The molecule has 2 aromatic carbocycles. The van der Waals surface area contributed by atoms with Gasteiger partial charge in [0.05, 0.1) is 10.2 Å². The van der Waals surface area contributed by atoms with Crippen LogP contribution in [0, 0.1) is 6.92 Å². The van der Waals surface area contributed by atoms with Crippen LogP contribution in [0.2, 0.25) is 5.02 Å². The number of thiazole rings is 1. The third kappa shape index (κ3) is 3.26. The molecular formula is C18H15ClN6S. The van der Waals surface area contributed by atoms with Gasteiger partial charge in [-0.2, -0.15) is 0 Å². The third-order valence-electron chi connectivity index (χ3n) is 3.84. The van der Waals surface area contributed by atoms with Crippen LogP contribution in [0.5, 0.6) is 0 Å². The Bertz CT molecular complexity index is 1080.